The van der Waals surface area contributed by atoms with Crippen molar-refractivity contribution >= 4 is 10.1 Å². The second-order valence-corrected chi connectivity index (χ2v) is 6.02. The summed E-state index contributed by atoms with van der Waals surface area (Å²) in [6.07, 6.45) is 5.71. The topological polar surface area (TPSA) is 57.6 Å². The number of unbranched alkanes of at least 4 members (excludes halogenated alkanes) is 1. The monoisotopic (exact) mass is 305 g/mol. The van der Waals surface area contributed by atoms with Gasteiger partial charge in [-0.15, -0.1) is 0 Å². The normalized spacial score (nSPS) is 21.1. The highest BCUT2D eigenvalue weighted by molar-refractivity contribution is 7.86. The third-order valence-corrected chi connectivity index (χ3v) is 3.66. The minimum atomic E-state index is -5.84. The minimum Gasteiger partial charge on any atom is -0.303 e. The summed E-state index contributed by atoms with van der Waals surface area (Å²) in [4.78, 5) is 2.57. The van der Waals surface area contributed by atoms with Crippen LogP contribution >= 0.6 is 0 Å². The molecular weight excluding hydrogens is 283 g/mol. The van der Waals surface area contributed by atoms with Crippen molar-refractivity contribution < 1.29 is 26.1 Å². The molecule has 0 bridgehead atoms. The van der Waals surface area contributed by atoms with E-state index in [1.165, 1.54) is 45.3 Å². The van der Waals surface area contributed by atoms with Crippen LogP contribution in [-0.4, -0.2) is 43.0 Å². The third-order valence-electron chi connectivity index (χ3n) is 3.08. The van der Waals surface area contributed by atoms with Gasteiger partial charge in [0, 0.05) is 6.54 Å². The van der Waals surface area contributed by atoms with Crippen LogP contribution in [0.25, 0.3) is 0 Å². The first-order chi connectivity index (χ1) is 8.61. The molecule has 0 radical (unpaired) electrons. The maximum Gasteiger partial charge on any atom is 0.522 e. The first kappa shape index (κ1) is 18.7. The molecule has 0 saturated carbocycles. The molecule has 8 heteroatoms. The highest BCUT2D eigenvalue weighted by Crippen LogP contribution is 2.21. The van der Waals surface area contributed by atoms with Gasteiger partial charge < -0.3 is 4.90 Å². The van der Waals surface area contributed by atoms with E-state index in [-0.39, 0.29) is 0 Å². The average molecular weight is 305 g/mol. The number of hydrogen-bond acceptors (Lipinski definition) is 3. The molecule has 0 amide bonds. The molecule has 1 atom stereocenters. The van der Waals surface area contributed by atoms with Crippen molar-refractivity contribution in [3.8, 4) is 0 Å². The van der Waals surface area contributed by atoms with Crippen molar-refractivity contribution in [1.82, 2.24) is 4.90 Å². The van der Waals surface area contributed by atoms with Crippen LogP contribution in [0.15, 0.2) is 0 Å². The molecule has 1 fully saturated rings. The molecule has 0 aromatic rings. The number of halogens is 3. The summed E-state index contributed by atoms with van der Waals surface area (Å²) in [5.41, 5.74) is -5.53. The van der Waals surface area contributed by atoms with Crippen molar-refractivity contribution in [1.29, 1.82) is 0 Å². The Morgan fingerprint density at radius 1 is 1.32 bits per heavy atom. The Bertz CT molecular complexity index is 344. The molecule has 1 aliphatic rings. The Kier molecular flexibility index (Phi) is 7.92. The van der Waals surface area contributed by atoms with Gasteiger partial charge in [-0.3, -0.25) is 4.55 Å². The summed E-state index contributed by atoms with van der Waals surface area (Å²) < 4.78 is 57.5. The Morgan fingerprint density at radius 3 is 2.16 bits per heavy atom. The lowest BCUT2D eigenvalue weighted by molar-refractivity contribution is -0.0510. The molecule has 0 aliphatic carbocycles. The van der Waals surface area contributed by atoms with Crippen molar-refractivity contribution in [2.75, 3.05) is 19.6 Å². The second kappa shape index (κ2) is 8.06. The van der Waals surface area contributed by atoms with Gasteiger partial charge in [-0.05, 0) is 31.8 Å². The molecule has 0 spiro atoms. The van der Waals surface area contributed by atoms with Gasteiger partial charge in [-0.1, -0.05) is 26.7 Å². The largest absolute Gasteiger partial charge is 0.522 e. The van der Waals surface area contributed by atoms with Crippen LogP contribution in [0.4, 0.5) is 13.2 Å². The number of alkyl halides is 3. The fraction of sp³-hybridized carbons (Fsp3) is 1.00. The van der Waals surface area contributed by atoms with Gasteiger partial charge in [-0.2, -0.15) is 21.6 Å². The summed E-state index contributed by atoms with van der Waals surface area (Å²) in [5, 5.41) is 0. The number of hydrogen-bond donors (Lipinski definition) is 1. The lowest BCUT2D eigenvalue weighted by Gasteiger charge is -2.12. The molecule has 0 aromatic heterocycles. The fourth-order valence-electron chi connectivity index (χ4n) is 1.93. The first-order valence-corrected chi connectivity index (χ1v) is 7.81. The quantitative estimate of drug-likeness (QED) is 0.641. The summed E-state index contributed by atoms with van der Waals surface area (Å²) in [6, 6.07) is 0. The molecular formula is C11H22F3NO3S. The molecule has 4 nitrogen and oxygen atoms in total. The van der Waals surface area contributed by atoms with Crippen LogP contribution in [0.3, 0.4) is 0 Å². The van der Waals surface area contributed by atoms with Crippen molar-refractivity contribution in [2.45, 2.75) is 45.0 Å². The maximum atomic E-state index is 10.7. The van der Waals surface area contributed by atoms with E-state index >= 15 is 0 Å². The fourth-order valence-corrected chi connectivity index (χ4v) is 1.93. The van der Waals surface area contributed by atoms with Gasteiger partial charge in [-0.25, -0.2) is 0 Å². The zero-order valence-electron chi connectivity index (χ0n) is 11.3. The van der Waals surface area contributed by atoms with Crippen LogP contribution in [0.1, 0.15) is 39.5 Å². The Morgan fingerprint density at radius 2 is 1.84 bits per heavy atom. The SMILES string of the molecule is CCCCC1CCN(CC)C1.O=S(=O)(O)C(F)(F)F. The molecule has 0 aromatic carbocycles. The van der Waals surface area contributed by atoms with Crippen molar-refractivity contribution in [3.63, 3.8) is 0 Å². The Balaban J connectivity index is 0.000000362. The highest BCUT2D eigenvalue weighted by atomic mass is 32.2. The number of rotatable bonds is 4. The lowest BCUT2D eigenvalue weighted by atomic mass is 10.0. The van der Waals surface area contributed by atoms with Gasteiger partial charge in [0.2, 0.25) is 0 Å². The first-order valence-electron chi connectivity index (χ1n) is 6.37. The van der Waals surface area contributed by atoms with E-state index in [9.17, 15) is 13.2 Å². The van der Waals surface area contributed by atoms with Crippen molar-refractivity contribution in [2.24, 2.45) is 5.92 Å². The third kappa shape index (κ3) is 7.74. The molecule has 1 heterocycles. The lowest BCUT2D eigenvalue weighted by Crippen LogP contribution is -2.21. The molecule has 116 valence electrons. The van der Waals surface area contributed by atoms with E-state index in [0.29, 0.717) is 0 Å². The van der Waals surface area contributed by atoms with E-state index < -0.39 is 15.6 Å². The highest BCUT2D eigenvalue weighted by Gasteiger charge is 2.44. The van der Waals surface area contributed by atoms with Crippen LogP contribution in [0, 0.1) is 5.92 Å². The zero-order valence-corrected chi connectivity index (χ0v) is 12.1. The maximum absolute atomic E-state index is 10.7. The van der Waals surface area contributed by atoms with Crippen molar-refractivity contribution in [3.05, 3.63) is 0 Å². The number of likely N-dealkylation sites (tertiary alicyclic amines) is 1. The predicted octanol–water partition coefficient (Wildman–Crippen LogP) is 2.91. The summed E-state index contributed by atoms with van der Waals surface area (Å²) in [6.45, 7) is 8.53. The van der Waals surface area contributed by atoms with Crippen LogP contribution in [-0.2, 0) is 10.1 Å². The van der Waals surface area contributed by atoms with Crippen LogP contribution in [0.5, 0.6) is 0 Å². The van der Waals surface area contributed by atoms with E-state index in [1.54, 1.807) is 0 Å². The predicted molar refractivity (Wildman–Crippen MR) is 67.3 cm³/mol. The molecule has 1 aliphatic heterocycles. The van der Waals surface area contributed by atoms with E-state index in [0.717, 1.165) is 5.92 Å². The summed E-state index contributed by atoms with van der Waals surface area (Å²) in [7, 11) is -5.84. The van der Waals surface area contributed by atoms with Gasteiger partial charge in [0.1, 0.15) is 0 Å². The molecule has 1 saturated heterocycles. The summed E-state index contributed by atoms with van der Waals surface area (Å²) in [5.74, 6) is 1.02. The van der Waals surface area contributed by atoms with E-state index in [1.807, 2.05) is 0 Å². The smallest absolute Gasteiger partial charge is 0.303 e. The van der Waals surface area contributed by atoms with Gasteiger partial charge in [0.05, 0.1) is 0 Å². The van der Waals surface area contributed by atoms with Gasteiger partial charge >= 0.3 is 15.6 Å². The zero-order chi connectivity index (χ0) is 15.1. The number of nitrogens with zero attached hydrogens (tertiary/aromatic N) is 1. The molecule has 1 N–H and O–H groups in total. The molecule has 1 rings (SSSR count). The molecule has 19 heavy (non-hydrogen) atoms. The van der Waals surface area contributed by atoms with Crippen LogP contribution in [0.2, 0.25) is 0 Å². The van der Waals surface area contributed by atoms with Gasteiger partial charge in [0.15, 0.2) is 0 Å². The van der Waals surface area contributed by atoms with E-state index in [4.69, 9.17) is 13.0 Å². The average Bonchev–Trinajstić information content (AvgIpc) is 2.72. The minimum absolute atomic E-state index is 1.02. The molecule has 1 unspecified atom stereocenters. The van der Waals surface area contributed by atoms with Gasteiger partial charge in [0.25, 0.3) is 0 Å². The Hall–Kier alpha value is -0.340. The standard InChI is InChI=1S/C10H21N.CHF3O3S/c1-3-5-6-10-7-8-11(4-2)9-10;2-1(3,4)8(5,6)7/h10H,3-9H2,1-2H3;(H,5,6,7). The second-order valence-electron chi connectivity index (χ2n) is 4.61. The van der Waals surface area contributed by atoms with E-state index in [2.05, 4.69) is 18.7 Å². The Labute approximate surface area is 112 Å². The summed E-state index contributed by atoms with van der Waals surface area (Å²) >= 11 is 0. The van der Waals surface area contributed by atoms with Crippen LogP contribution < -0.4 is 0 Å².